The summed E-state index contributed by atoms with van der Waals surface area (Å²) < 4.78 is 5.50. The number of nitrogens with one attached hydrogen (secondary N) is 1. The topological polar surface area (TPSA) is 25.2 Å². The van der Waals surface area contributed by atoms with E-state index in [4.69, 9.17) is 4.42 Å². The van der Waals surface area contributed by atoms with Crippen LogP contribution < -0.4 is 5.32 Å². The third kappa shape index (κ3) is 2.12. The van der Waals surface area contributed by atoms with E-state index in [9.17, 15) is 0 Å². The first-order valence-corrected chi connectivity index (χ1v) is 6.09. The van der Waals surface area contributed by atoms with E-state index in [1.54, 1.807) is 0 Å². The van der Waals surface area contributed by atoms with Gasteiger partial charge in [-0.25, -0.2) is 0 Å². The van der Waals surface area contributed by atoms with Gasteiger partial charge in [0.15, 0.2) is 0 Å². The van der Waals surface area contributed by atoms with Crippen LogP contribution in [0.25, 0.3) is 11.0 Å². The quantitative estimate of drug-likeness (QED) is 0.774. The molecule has 1 heterocycles. The van der Waals surface area contributed by atoms with Crippen LogP contribution in [0.5, 0.6) is 0 Å². The summed E-state index contributed by atoms with van der Waals surface area (Å²) in [4.78, 5) is 0. The van der Waals surface area contributed by atoms with Crippen LogP contribution >= 0.6 is 0 Å². The van der Waals surface area contributed by atoms with E-state index in [1.165, 1.54) is 30.2 Å². The summed E-state index contributed by atoms with van der Waals surface area (Å²) in [6.45, 7) is 2.05. The molecule has 0 amide bonds. The van der Waals surface area contributed by atoms with Crippen molar-refractivity contribution in [3.8, 4) is 0 Å². The fourth-order valence-corrected chi connectivity index (χ4v) is 2.11. The zero-order valence-corrected chi connectivity index (χ0v) is 9.41. The largest absolute Gasteiger partial charge is 0.464 e. The number of rotatable bonds is 5. The maximum atomic E-state index is 5.50. The van der Waals surface area contributed by atoms with Gasteiger partial charge in [0.1, 0.15) is 5.58 Å². The summed E-state index contributed by atoms with van der Waals surface area (Å²) >= 11 is 0. The molecule has 2 heteroatoms. The van der Waals surface area contributed by atoms with Gasteiger partial charge in [-0.2, -0.15) is 0 Å². The standard InChI is InChI=1S/C14H17NO/c1-2-4-14-13(3-1)12(10-16-14)9-15-8-7-11-5-6-11/h1-4,10-11,15H,5-9H2. The minimum atomic E-state index is 0.920. The fraction of sp³-hybridized carbons (Fsp3) is 0.429. The second kappa shape index (κ2) is 4.30. The van der Waals surface area contributed by atoms with Gasteiger partial charge in [0.05, 0.1) is 6.26 Å². The predicted molar refractivity (Wildman–Crippen MR) is 65.3 cm³/mol. The molecule has 1 aliphatic rings. The average molecular weight is 215 g/mol. The highest BCUT2D eigenvalue weighted by atomic mass is 16.3. The number of hydrogen-bond donors (Lipinski definition) is 1. The molecular weight excluding hydrogens is 198 g/mol. The monoisotopic (exact) mass is 215 g/mol. The van der Waals surface area contributed by atoms with Crippen molar-refractivity contribution in [1.29, 1.82) is 0 Å². The minimum absolute atomic E-state index is 0.920. The van der Waals surface area contributed by atoms with E-state index in [2.05, 4.69) is 17.4 Å². The summed E-state index contributed by atoms with van der Waals surface area (Å²) in [7, 11) is 0. The molecule has 2 nitrogen and oxygen atoms in total. The molecule has 0 unspecified atom stereocenters. The van der Waals surface area contributed by atoms with Crippen molar-refractivity contribution in [3.05, 3.63) is 36.1 Å². The molecule has 16 heavy (non-hydrogen) atoms. The molecule has 1 N–H and O–H groups in total. The van der Waals surface area contributed by atoms with Crippen molar-refractivity contribution >= 4 is 11.0 Å². The van der Waals surface area contributed by atoms with Crippen LogP contribution in [-0.4, -0.2) is 6.54 Å². The molecule has 0 radical (unpaired) electrons. The first kappa shape index (κ1) is 9.91. The lowest BCUT2D eigenvalue weighted by Crippen LogP contribution is -2.14. The Bertz CT molecular complexity index is 470. The summed E-state index contributed by atoms with van der Waals surface area (Å²) in [5, 5.41) is 4.73. The molecule has 0 atom stereocenters. The Balaban J connectivity index is 1.60. The summed E-state index contributed by atoms with van der Waals surface area (Å²) in [5.41, 5.74) is 2.26. The number of furan rings is 1. The molecule has 3 rings (SSSR count). The Morgan fingerprint density at radius 2 is 2.12 bits per heavy atom. The summed E-state index contributed by atoms with van der Waals surface area (Å²) in [6.07, 6.45) is 6.08. The normalized spacial score (nSPS) is 15.8. The highest BCUT2D eigenvalue weighted by Gasteiger charge is 2.19. The van der Waals surface area contributed by atoms with Crippen LogP contribution in [0, 0.1) is 5.92 Å². The lowest BCUT2D eigenvalue weighted by atomic mass is 10.2. The third-order valence-corrected chi connectivity index (χ3v) is 3.30. The van der Waals surface area contributed by atoms with Crippen LogP contribution in [-0.2, 0) is 6.54 Å². The first-order chi connectivity index (χ1) is 7.93. The van der Waals surface area contributed by atoms with Gasteiger partial charge in [-0.15, -0.1) is 0 Å². The number of benzene rings is 1. The fourth-order valence-electron chi connectivity index (χ4n) is 2.11. The van der Waals surface area contributed by atoms with Crippen LogP contribution in [0.2, 0.25) is 0 Å². The molecular formula is C14H17NO. The number of para-hydroxylation sites is 1. The zero-order chi connectivity index (χ0) is 10.8. The Morgan fingerprint density at radius 3 is 3.00 bits per heavy atom. The van der Waals surface area contributed by atoms with Crippen LogP contribution in [0.15, 0.2) is 34.9 Å². The van der Waals surface area contributed by atoms with Gasteiger partial charge in [-0.1, -0.05) is 31.0 Å². The van der Waals surface area contributed by atoms with Crippen molar-refractivity contribution in [2.24, 2.45) is 5.92 Å². The van der Waals surface area contributed by atoms with E-state index in [-0.39, 0.29) is 0 Å². The molecule has 0 aliphatic heterocycles. The van der Waals surface area contributed by atoms with Gasteiger partial charge >= 0.3 is 0 Å². The van der Waals surface area contributed by atoms with Crippen molar-refractivity contribution in [3.63, 3.8) is 0 Å². The van der Waals surface area contributed by atoms with Crippen molar-refractivity contribution in [2.45, 2.75) is 25.8 Å². The Labute approximate surface area is 95.6 Å². The van der Waals surface area contributed by atoms with Gasteiger partial charge in [-0.3, -0.25) is 0 Å². The molecule has 0 saturated heterocycles. The molecule has 1 saturated carbocycles. The SMILES string of the molecule is c1ccc2c(CNCCC3CC3)coc2c1. The van der Waals surface area contributed by atoms with Crippen molar-refractivity contribution in [2.75, 3.05) is 6.54 Å². The highest BCUT2D eigenvalue weighted by molar-refractivity contribution is 5.80. The van der Waals surface area contributed by atoms with E-state index in [0.29, 0.717) is 0 Å². The van der Waals surface area contributed by atoms with Crippen molar-refractivity contribution in [1.82, 2.24) is 5.32 Å². The summed E-state index contributed by atoms with van der Waals surface area (Å²) in [5.74, 6) is 1.01. The average Bonchev–Trinajstić information content (AvgIpc) is 3.05. The third-order valence-electron chi connectivity index (χ3n) is 3.30. The molecule has 1 aromatic carbocycles. The minimum Gasteiger partial charge on any atom is -0.464 e. The van der Waals surface area contributed by atoms with Gasteiger partial charge in [0.25, 0.3) is 0 Å². The van der Waals surface area contributed by atoms with Gasteiger partial charge in [0, 0.05) is 17.5 Å². The summed E-state index contributed by atoms with van der Waals surface area (Å²) in [6, 6.07) is 8.21. The molecule has 0 spiro atoms. The van der Waals surface area contributed by atoms with Gasteiger partial charge in [-0.05, 0) is 24.9 Å². The van der Waals surface area contributed by atoms with Gasteiger partial charge < -0.3 is 9.73 Å². The maximum absolute atomic E-state index is 5.50. The molecule has 84 valence electrons. The van der Waals surface area contributed by atoms with Crippen LogP contribution in [0.3, 0.4) is 0 Å². The van der Waals surface area contributed by atoms with Crippen LogP contribution in [0.1, 0.15) is 24.8 Å². The number of fused-ring (bicyclic) bond motifs is 1. The molecule has 2 aromatic rings. The predicted octanol–water partition coefficient (Wildman–Crippen LogP) is 3.32. The lowest BCUT2D eigenvalue weighted by Gasteiger charge is -2.01. The van der Waals surface area contributed by atoms with E-state index in [0.717, 1.165) is 24.6 Å². The zero-order valence-electron chi connectivity index (χ0n) is 9.41. The van der Waals surface area contributed by atoms with E-state index in [1.807, 2.05) is 18.4 Å². The molecule has 1 fully saturated rings. The molecule has 1 aromatic heterocycles. The Kier molecular flexibility index (Phi) is 2.66. The Morgan fingerprint density at radius 1 is 1.25 bits per heavy atom. The maximum Gasteiger partial charge on any atom is 0.134 e. The molecule has 0 bridgehead atoms. The highest BCUT2D eigenvalue weighted by Crippen LogP contribution is 2.31. The number of hydrogen-bond acceptors (Lipinski definition) is 2. The smallest absolute Gasteiger partial charge is 0.134 e. The van der Waals surface area contributed by atoms with Crippen LogP contribution in [0.4, 0.5) is 0 Å². The lowest BCUT2D eigenvalue weighted by molar-refractivity contribution is 0.589. The molecule has 1 aliphatic carbocycles. The Hall–Kier alpha value is -1.28. The van der Waals surface area contributed by atoms with E-state index < -0.39 is 0 Å². The first-order valence-electron chi connectivity index (χ1n) is 6.09. The second-order valence-electron chi connectivity index (χ2n) is 4.67. The van der Waals surface area contributed by atoms with Crippen molar-refractivity contribution < 1.29 is 4.42 Å². The van der Waals surface area contributed by atoms with E-state index >= 15 is 0 Å². The van der Waals surface area contributed by atoms with Gasteiger partial charge in [0.2, 0.25) is 0 Å². The second-order valence-corrected chi connectivity index (χ2v) is 4.67.